The van der Waals surface area contributed by atoms with Crippen molar-refractivity contribution in [3.8, 4) is 11.5 Å². The van der Waals surface area contributed by atoms with Crippen molar-refractivity contribution in [2.75, 3.05) is 20.7 Å². The molecule has 0 spiro atoms. The Hall–Kier alpha value is -2.11. The van der Waals surface area contributed by atoms with Crippen molar-refractivity contribution in [1.29, 1.82) is 0 Å². The van der Waals surface area contributed by atoms with Crippen LogP contribution in [0.15, 0.2) is 35.5 Å². The van der Waals surface area contributed by atoms with Gasteiger partial charge in [0.1, 0.15) is 0 Å². The summed E-state index contributed by atoms with van der Waals surface area (Å²) in [5.41, 5.74) is 1.87. The first-order valence-corrected chi connectivity index (χ1v) is 8.06. The average molecular weight is 495 g/mol. The summed E-state index contributed by atoms with van der Waals surface area (Å²) in [4.78, 5) is 4.15. The van der Waals surface area contributed by atoms with Gasteiger partial charge < -0.3 is 20.1 Å². The van der Waals surface area contributed by atoms with Gasteiger partial charge in [0.15, 0.2) is 17.5 Å². The number of aliphatic imine (C=N–C) groups is 1. The van der Waals surface area contributed by atoms with E-state index in [9.17, 15) is 8.78 Å². The standard InChI is InChI=1S/C17H23F2N5O2.HI/c1-20-17(22-11-13-7-9-23-24(13)2)21-8-6-12-4-5-14(25-3)15(10-12)26-16(18)19;/h4-5,7,9-10,16H,6,8,11H2,1-3H3,(H2,20,21,22);1H. The quantitative estimate of drug-likeness (QED) is 0.335. The fourth-order valence-corrected chi connectivity index (χ4v) is 2.36. The maximum absolute atomic E-state index is 12.5. The summed E-state index contributed by atoms with van der Waals surface area (Å²) in [6.07, 6.45) is 2.34. The number of ether oxygens (including phenoxy) is 2. The van der Waals surface area contributed by atoms with Gasteiger partial charge in [-0.2, -0.15) is 13.9 Å². The predicted molar refractivity (Wildman–Crippen MR) is 110 cm³/mol. The highest BCUT2D eigenvalue weighted by molar-refractivity contribution is 14.0. The van der Waals surface area contributed by atoms with E-state index in [0.717, 1.165) is 11.3 Å². The third kappa shape index (κ3) is 7.19. The monoisotopic (exact) mass is 495 g/mol. The van der Waals surface area contributed by atoms with Crippen molar-refractivity contribution in [3.05, 3.63) is 41.7 Å². The number of aromatic nitrogens is 2. The molecule has 1 heterocycles. The Balaban J connectivity index is 0.00000364. The molecule has 2 N–H and O–H groups in total. The Morgan fingerprint density at radius 3 is 2.63 bits per heavy atom. The van der Waals surface area contributed by atoms with Crippen LogP contribution < -0.4 is 20.1 Å². The second-order valence-electron chi connectivity index (χ2n) is 5.41. The summed E-state index contributed by atoms with van der Waals surface area (Å²) >= 11 is 0. The van der Waals surface area contributed by atoms with Crippen molar-refractivity contribution in [2.45, 2.75) is 19.6 Å². The second-order valence-corrected chi connectivity index (χ2v) is 5.41. The van der Waals surface area contributed by atoms with Crippen LogP contribution in [0.2, 0.25) is 0 Å². The van der Waals surface area contributed by atoms with E-state index in [1.54, 1.807) is 30.1 Å². The van der Waals surface area contributed by atoms with Gasteiger partial charge in [-0.05, 0) is 30.2 Å². The van der Waals surface area contributed by atoms with Crippen LogP contribution in [0, 0.1) is 0 Å². The summed E-state index contributed by atoms with van der Waals surface area (Å²) in [5, 5.41) is 10.5. The molecule has 2 rings (SSSR count). The SMILES string of the molecule is CN=C(NCCc1ccc(OC)c(OC(F)F)c1)NCc1ccnn1C.I. The number of hydrogen-bond donors (Lipinski definition) is 2. The number of aryl methyl sites for hydroxylation is 1. The second kappa shape index (κ2) is 11.6. The minimum absolute atomic E-state index is 0. The summed E-state index contributed by atoms with van der Waals surface area (Å²) in [6, 6.07) is 6.90. The van der Waals surface area contributed by atoms with Crippen LogP contribution in [0.5, 0.6) is 11.5 Å². The molecule has 0 aliphatic rings. The molecule has 27 heavy (non-hydrogen) atoms. The van der Waals surface area contributed by atoms with Crippen LogP contribution in [-0.2, 0) is 20.0 Å². The molecule has 0 amide bonds. The lowest BCUT2D eigenvalue weighted by atomic mass is 10.1. The highest BCUT2D eigenvalue weighted by atomic mass is 127. The molecule has 0 aliphatic carbocycles. The zero-order valence-electron chi connectivity index (χ0n) is 15.4. The number of rotatable bonds is 8. The van der Waals surface area contributed by atoms with Gasteiger partial charge in [0.2, 0.25) is 0 Å². The lowest BCUT2D eigenvalue weighted by Gasteiger charge is -2.13. The Labute approximate surface area is 174 Å². The maximum atomic E-state index is 12.5. The van der Waals surface area contributed by atoms with Crippen molar-refractivity contribution >= 4 is 29.9 Å². The number of nitrogens with one attached hydrogen (secondary N) is 2. The van der Waals surface area contributed by atoms with Crippen LogP contribution in [0.25, 0.3) is 0 Å². The molecule has 0 saturated heterocycles. The summed E-state index contributed by atoms with van der Waals surface area (Å²) < 4.78 is 36.3. The van der Waals surface area contributed by atoms with E-state index in [0.29, 0.717) is 25.5 Å². The highest BCUT2D eigenvalue weighted by Gasteiger charge is 2.11. The van der Waals surface area contributed by atoms with Gasteiger partial charge in [-0.25, -0.2) is 0 Å². The van der Waals surface area contributed by atoms with Gasteiger partial charge in [0, 0.05) is 26.8 Å². The van der Waals surface area contributed by atoms with E-state index in [-0.39, 0.29) is 35.5 Å². The van der Waals surface area contributed by atoms with E-state index in [1.807, 2.05) is 19.2 Å². The molecular formula is C17H24F2IN5O2. The molecule has 150 valence electrons. The van der Waals surface area contributed by atoms with E-state index in [4.69, 9.17) is 4.74 Å². The number of alkyl halides is 2. The fraction of sp³-hybridized carbons (Fsp3) is 0.412. The minimum atomic E-state index is -2.90. The number of benzene rings is 1. The van der Waals surface area contributed by atoms with Crippen LogP contribution in [-0.4, -0.2) is 43.1 Å². The Bertz CT molecular complexity index is 740. The Morgan fingerprint density at radius 2 is 2.04 bits per heavy atom. The van der Waals surface area contributed by atoms with E-state index in [1.165, 1.54) is 7.11 Å². The first-order chi connectivity index (χ1) is 12.5. The smallest absolute Gasteiger partial charge is 0.387 e. The minimum Gasteiger partial charge on any atom is -0.493 e. The molecule has 0 unspecified atom stereocenters. The molecule has 1 aromatic heterocycles. The van der Waals surface area contributed by atoms with Gasteiger partial charge >= 0.3 is 6.61 Å². The summed E-state index contributed by atoms with van der Waals surface area (Å²) in [7, 11) is 4.96. The molecule has 10 heteroatoms. The molecule has 0 bridgehead atoms. The first-order valence-electron chi connectivity index (χ1n) is 8.06. The van der Waals surface area contributed by atoms with Gasteiger partial charge in [0.25, 0.3) is 0 Å². The molecule has 0 fully saturated rings. The topological polar surface area (TPSA) is 72.7 Å². The van der Waals surface area contributed by atoms with Gasteiger partial charge in [-0.15, -0.1) is 24.0 Å². The van der Waals surface area contributed by atoms with Gasteiger partial charge in [-0.3, -0.25) is 9.67 Å². The van der Waals surface area contributed by atoms with Crippen LogP contribution >= 0.6 is 24.0 Å². The maximum Gasteiger partial charge on any atom is 0.387 e. The highest BCUT2D eigenvalue weighted by Crippen LogP contribution is 2.29. The van der Waals surface area contributed by atoms with Crippen LogP contribution in [0.3, 0.4) is 0 Å². The Morgan fingerprint density at radius 1 is 1.26 bits per heavy atom. The molecule has 2 aromatic rings. The van der Waals surface area contributed by atoms with Crippen molar-refractivity contribution in [2.24, 2.45) is 12.0 Å². The zero-order valence-corrected chi connectivity index (χ0v) is 17.7. The molecule has 0 radical (unpaired) electrons. The van der Waals surface area contributed by atoms with Crippen molar-refractivity contribution in [1.82, 2.24) is 20.4 Å². The van der Waals surface area contributed by atoms with Crippen LogP contribution in [0.1, 0.15) is 11.3 Å². The fourth-order valence-electron chi connectivity index (χ4n) is 2.36. The largest absolute Gasteiger partial charge is 0.493 e. The Kier molecular flexibility index (Phi) is 9.83. The summed E-state index contributed by atoms with van der Waals surface area (Å²) in [6.45, 7) is -1.73. The van der Waals surface area contributed by atoms with Crippen LogP contribution in [0.4, 0.5) is 8.78 Å². The molecule has 0 aliphatic heterocycles. The number of guanidine groups is 1. The molecule has 7 nitrogen and oxygen atoms in total. The third-order valence-electron chi connectivity index (χ3n) is 3.73. The number of nitrogens with zero attached hydrogens (tertiary/aromatic N) is 3. The van der Waals surface area contributed by atoms with E-state index < -0.39 is 6.61 Å². The lowest BCUT2D eigenvalue weighted by Crippen LogP contribution is -2.38. The van der Waals surface area contributed by atoms with Gasteiger partial charge in [0.05, 0.1) is 19.3 Å². The number of hydrogen-bond acceptors (Lipinski definition) is 4. The molecular weight excluding hydrogens is 471 g/mol. The number of halogens is 3. The molecule has 0 saturated carbocycles. The predicted octanol–water partition coefficient (Wildman–Crippen LogP) is 2.56. The van der Waals surface area contributed by atoms with Crippen molar-refractivity contribution in [3.63, 3.8) is 0 Å². The lowest BCUT2D eigenvalue weighted by molar-refractivity contribution is -0.0512. The molecule has 0 atom stereocenters. The first kappa shape index (κ1) is 22.9. The molecule has 1 aromatic carbocycles. The average Bonchev–Trinajstić information content (AvgIpc) is 3.02. The normalized spacial score (nSPS) is 11.1. The third-order valence-corrected chi connectivity index (χ3v) is 3.73. The van der Waals surface area contributed by atoms with Crippen molar-refractivity contribution < 1.29 is 18.3 Å². The zero-order chi connectivity index (χ0) is 18.9. The van der Waals surface area contributed by atoms with E-state index >= 15 is 0 Å². The number of methoxy groups -OCH3 is 1. The van der Waals surface area contributed by atoms with Gasteiger partial charge in [-0.1, -0.05) is 6.07 Å². The summed E-state index contributed by atoms with van der Waals surface area (Å²) in [5.74, 6) is 0.943. The van der Waals surface area contributed by atoms with E-state index in [2.05, 4.69) is 25.5 Å².